The molecule has 1 aromatic heterocycles. The first-order valence-corrected chi connectivity index (χ1v) is 7.91. The molecule has 0 aromatic carbocycles. The van der Waals surface area contributed by atoms with Crippen LogP contribution in [0.2, 0.25) is 0 Å². The number of hydrogen-bond donors (Lipinski definition) is 1. The molecule has 1 aromatic rings. The number of ether oxygens (including phenoxy) is 1. The molecule has 0 aliphatic carbocycles. The molecular weight excluding hydrogens is 274 g/mol. The van der Waals surface area contributed by atoms with Crippen LogP contribution in [-0.2, 0) is 11.3 Å². The van der Waals surface area contributed by atoms with Crippen molar-refractivity contribution in [3.63, 3.8) is 0 Å². The van der Waals surface area contributed by atoms with Gasteiger partial charge in [-0.25, -0.2) is 4.79 Å². The van der Waals surface area contributed by atoms with E-state index in [9.17, 15) is 4.79 Å². The summed E-state index contributed by atoms with van der Waals surface area (Å²) in [5.41, 5.74) is 1.40. The molecule has 0 bridgehead atoms. The minimum atomic E-state index is -0.430. The largest absolute Gasteiger partial charge is 0.444 e. The highest BCUT2D eigenvalue weighted by Crippen LogP contribution is 2.20. The van der Waals surface area contributed by atoms with Crippen LogP contribution in [-0.4, -0.2) is 40.7 Å². The van der Waals surface area contributed by atoms with Gasteiger partial charge >= 0.3 is 6.09 Å². The summed E-state index contributed by atoms with van der Waals surface area (Å²) in [5.74, 6) is 0. The lowest BCUT2D eigenvalue weighted by Crippen LogP contribution is -2.43. The smallest absolute Gasteiger partial charge is 0.410 e. The zero-order chi connectivity index (χ0) is 14.6. The summed E-state index contributed by atoms with van der Waals surface area (Å²) in [6.45, 7) is 8.11. The van der Waals surface area contributed by atoms with Crippen molar-refractivity contribution in [2.24, 2.45) is 0 Å². The van der Waals surface area contributed by atoms with Crippen LogP contribution in [0.5, 0.6) is 0 Å². The summed E-state index contributed by atoms with van der Waals surface area (Å²) in [5, 5.41) is 3.40. The number of nitrogens with one attached hydrogen (secondary N) is 1. The molecular formula is C14H23N3O2S. The van der Waals surface area contributed by atoms with Gasteiger partial charge in [0.1, 0.15) is 5.60 Å². The van der Waals surface area contributed by atoms with E-state index < -0.39 is 5.60 Å². The van der Waals surface area contributed by atoms with Gasteiger partial charge in [0, 0.05) is 36.8 Å². The molecule has 2 rings (SSSR count). The van der Waals surface area contributed by atoms with Crippen LogP contribution in [0.25, 0.3) is 0 Å². The average molecular weight is 297 g/mol. The molecule has 1 aliphatic rings. The third-order valence-electron chi connectivity index (χ3n) is 3.17. The highest BCUT2D eigenvalue weighted by atomic mass is 32.1. The molecule has 1 aliphatic heterocycles. The standard InChI is InChI=1S/C14H23N3O2S/c1-14(2,3)19-13(18)17-6-4-5-11(17)7-15-8-12-9-16-10-20-12/h9-11,15H,4-8H2,1-3H3/t11-/m0/s1. The van der Waals surface area contributed by atoms with Crippen LogP contribution >= 0.6 is 11.3 Å². The molecule has 5 nitrogen and oxygen atoms in total. The lowest BCUT2D eigenvalue weighted by molar-refractivity contribution is 0.0226. The summed E-state index contributed by atoms with van der Waals surface area (Å²) in [7, 11) is 0. The van der Waals surface area contributed by atoms with Crippen LogP contribution in [0, 0.1) is 0 Å². The SMILES string of the molecule is CC(C)(C)OC(=O)N1CCC[C@H]1CNCc1cncs1. The van der Waals surface area contributed by atoms with E-state index in [1.165, 1.54) is 4.88 Å². The number of thiazole rings is 1. The van der Waals surface area contributed by atoms with E-state index >= 15 is 0 Å². The first-order valence-electron chi connectivity index (χ1n) is 7.03. The quantitative estimate of drug-likeness (QED) is 0.928. The van der Waals surface area contributed by atoms with Gasteiger partial charge in [0.15, 0.2) is 0 Å². The fourth-order valence-electron chi connectivity index (χ4n) is 2.30. The Kier molecular flexibility index (Phi) is 4.99. The highest BCUT2D eigenvalue weighted by molar-refractivity contribution is 7.09. The molecule has 0 radical (unpaired) electrons. The maximum Gasteiger partial charge on any atom is 0.410 e. The van der Waals surface area contributed by atoms with Crippen LogP contribution in [0.1, 0.15) is 38.5 Å². The van der Waals surface area contributed by atoms with E-state index in [1.807, 2.05) is 37.4 Å². The van der Waals surface area contributed by atoms with Gasteiger partial charge in [0.25, 0.3) is 0 Å². The number of nitrogens with zero attached hydrogens (tertiary/aromatic N) is 2. The summed E-state index contributed by atoms with van der Waals surface area (Å²) in [6, 6.07) is 0.234. The van der Waals surface area contributed by atoms with Gasteiger partial charge in [-0.1, -0.05) is 0 Å². The topological polar surface area (TPSA) is 54.5 Å². The Bertz CT molecular complexity index is 428. The van der Waals surface area contributed by atoms with E-state index in [4.69, 9.17) is 4.74 Å². The lowest BCUT2D eigenvalue weighted by atomic mass is 10.2. The summed E-state index contributed by atoms with van der Waals surface area (Å²) in [4.78, 5) is 19.2. The van der Waals surface area contributed by atoms with E-state index in [-0.39, 0.29) is 12.1 Å². The Hall–Kier alpha value is -1.14. The molecule has 0 saturated carbocycles. The first kappa shape index (κ1) is 15.3. The van der Waals surface area contributed by atoms with Gasteiger partial charge in [-0.05, 0) is 33.6 Å². The fourth-order valence-corrected chi connectivity index (χ4v) is 2.86. The van der Waals surface area contributed by atoms with Crippen molar-refractivity contribution < 1.29 is 9.53 Å². The zero-order valence-corrected chi connectivity index (χ0v) is 13.2. The molecule has 112 valence electrons. The lowest BCUT2D eigenvalue weighted by Gasteiger charge is -2.28. The molecule has 0 spiro atoms. The zero-order valence-electron chi connectivity index (χ0n) is 12.4. The number of carbonyl (C=O) groups excluding carboxylic acids is 1. The Balaban J connectivity index is 1.79. The van der Waals surface area contributed by atoms with E-state index in [0.29, 0.717) is 0 Å². The molecule has 20 heavy (non-hydrogen) atoms. The minimum absolute atomic E-state index is 0.195. The molecule has 1 saturated heterocycles. The summed E-state index contributed by atoms with van der Waals surface area (Å²) in [6.07, 6.45) is 3.76. The van der Waals surface area contributed by atoms with Crippen LogP contribution in [0.4, 0.5) is 4.79 Å². The van der Waals surface area contributed by atoms with Gasteiger partial charge in [-0.15, -0.1) is 11.3 Å². The molecule has 1 atom stereocenters. The van der Waals surface area contributed by atoms with Crippen molar-refractivity contribution in [1.29, 1.82) is 0 Å². The number of rotatable bonds is 4. The predicted octanol–water partition coefficient (Wildman–Crippen LogP) is 2.63. The third-order valence-corrected chi connectivity index (χ3v) is 3.95. The Labute approximate surface area is 124 Å². The number of likely N-dealkylation sites (tertiary alicyclic amines) is 1. The Morgan fingerprint density at radius 2 is 2.40 bits per heavy atom. The van der Waals surface area contributed by atoms with Crippen molar-refractivity contribution in [1.82, 2.24) is 15.2 Å². The first-order chi connectivity index (χ1) is 9.46. The van der Waals surface area contributed by atoms with Crippen LogP contribution in [0.15, 0.2) is 11.7 Å². The predicted molar refractivity (Wildman–Crippen MR) is 79.8 cm³/mol. The second-order valence-electron chi connectivity index (χ2n) is 6.07. The van der Waals surface area contributed by atoms with Gasteiger partial charge in [0.05, 0.1) is 5.51 Å². The Morgan fingerprint density at radius 3 is 3.05 bits per heavy atom. The van der Waals surface area contributed by atoms with Crippen molar-refractivity contribution in [3.8, 4) is 0 Å². The number of hydrogen-bond acceptors (Lipinski definition) is 5. The molecule has 2 heterocycles. The monoisotopic (exact) mass is 297 g/mol. The van der Waals surface area contributed by atoms with Crippen molar-refractivity contribution in [2.75, 3.05) is 13.1 Å². The van der Waals surface area contributed by atoms with Crippen molar-refractivity contribution in [2.45, 2.75) is 51.8 Å². The van der Waals surface area contributed by atoms with E-state index in [0.717, 1.165) is 32.5 Å². The summed E-state index contributed by atoms with van der Waals surface area (Å²) >= 11 is 1.64. The average Bonchev–Trinajstić information content (AvgIpc) is 2.97. The Morgan fingerprint density at radius 1 is 1.60 bits per heavy atom. The van der Waals surface area contributed by atoms with E-state index in [1.54, 1.807) is 11.3 Å². The van der Waals surface area contributed by atoms with Gasteiger partial charge in [-0.3, -0.25) is 4.98 Å². The molecule has 1 fully saturated rings. The van der Waals surface area contributed by atoms with Crippen LogP contribution < -0.4 is 5.32 Å². The maximum atomic E-state index is 12.1. The van der Waals surface area contributed by atoms with Crippen LogP contribution in [0.3, 0.4) is 0 Å². The second kappa shape index (κ2) is 6.54. The fraction of sp³-hybridized carbons (Fsp3) is 0.714. The van der Waals surface area contributed by atoms with Crippen molar-refractivity contribution >= 4 is 17.4 Å². The molecule has 1 amide bonds. The van der Waals surface area contributed by atoms with Gasteiger partial charge in [0.2, 0.25) is 0 Å². The maximum absolute atomic E-state index is 12.1. The molecule has 0 unspecified atom stereocenters. The van der Waals surface area contributed by atoms with Gasteiger partial charge < -0.3 is 15.0 Å². The van der Waals surface area contributed by atoms with E-state index in [2.05, 4.69) is 10.3 Å². The summed E-state index contributed by atoms with van der Waals surface area (Å²) < 4.78 is 5.46. The number of carbonyl (C=O) groups is 1. The van der Waals surface area contributed by atoms with Gasteiger partial charge in [-0.2, -0.15) is 0 Å². The number of aromatic nitrogens is 1. The van der Waals surface area contributed by atoms with Crippen molar-refractivity contribution in [3.05, 3.63) is 16.6 Å². The number of amides is 1. The second-order valence-corrected chi connectivity index (χ2v) is 7.04. The normalized spacial score (nSPS) is 19.4. The molecule has 6 heteroatoms. The molecule has 1 N–H and O–H groups in total. The third kappa shape index (κ3) is 4.45. The highest BCUT2D eigenvalue weighted by Gasteiger charge is 2.31. The minimum Gasteiger partial charge on any atom is -0.444 e.